The molecule has 1 aromatic carbocycles. The van der Waals surface area contributed by atoms with Gasteiger partial charge in [0.25, 0.3) is 0 Å². The van der Waals surface area contributed by atoms with Gasteiger partial charge in [-0.3, -0.25) is 4.79 Å². The average Bonchev–Trinajstić information content (AvgIpc) is 2.42. The standard InChI is InChI=1S/C17H26BrNO2/c1-5-7-17(20)19-15-9-8-13(10-14(18)12(3)4)11-16(15)21-6-2/h8-9,11-12,14H,5-7,10H2,1-4H3,(H,19,20). The summed E-state index contributed by atoms with van der Waals surface area (Å²) in [4.78, 5) is 12.2. The maximum Gasteiger partial charge on any atom is 0.224 e. The molecule has 1 aromatic rings. The highest BCUT2D eigenvalue weighted by atomic mass is 79.9. The van der Waals surface area contributed by atoms with E-state index in [1.54, 1.807) is 0 Å². The highest BCUT2D eigenvalue weighted by Gasteiger charge is 2.13. The third-order valence-corrected chi connectivity index (χ3v) is 4.63. The first-order valence-corrected chi connectivity index (χ1v) is 8.59. The molecular weight excluding hydrogens is 330 g/mol. The minimum atomic E-state index is 0.0340. The number of amides is 1. The molecule has 0 saturated heterocycles. The summed E-state index contributed by atoms with van der Waals surface area (Å²) in [6.07, 6.45) is 2.32. The molecule has 0 radical (unpaired) electrons. The molecule has 0 aliphatic rings. The first kappa shape index (κ1) is 18.0. The zero-order chi connectivity index (χ0) is 15.8. The predicted octanol–water partition coefficient (Wildman–Crippen LogP) is 4.79. The fourth-order valence-electron chi connectivity index (χ4n) is 1.97. The van der Waals surface area contributed by atoms with Crippen LogP contribution in [0.25, 0.3) is 0 Å². The number of nitrogens with one attached hydrogen (secondary N) is 1. The summed E-state index contributed by atoms with van der Waals surface area (Å²) < 4.78 is 5.67. The van der Waals surface area contributed by atoms with E-state index in [1.165, 1.54) is 5.56 Å². The van der Waals surface area contributed by atoms with Crippen molar-refractivity contribution in [2.24, 2.45) is 5.92 Å². The van der Waals surface area contributed by atoms with E-state index < -0.39 is 0 Å². The van der Waals surface area contributed by atoms with Gasteiger partial charge in [0.15, 0.2) is 0 Å². The molecule has 1 unspecified atom stereocenters. The van der Waals surface area contributed by atoms with Crippen LogP contribution in [-0.2, 0) is 11.2 Å². The van der Waals surface area contributed by atoms with Crippen LogP contribution in [0.5, 0.6) is 5.75 Å². The van der Waals surface area contributed by atoms with Gasteiger partial charge < -0.3 is 10.1 Å². The average molecular weight is 356 g/mol. The minimum Gasteiger partial charge on any atom is -0.492 e. The Morgan fingerprint density at radius 1 is 1.33 bits per heavy atom. The molecule has 0 saturated carbocycles. The second-order valence-electron chi connectivity index (χ2n) is 5.53. The van der Waals surface area contributed by atoms with Crippen molar-refractivity contribution in [2.45, 2.75) is 51.8 Å². The zero-order valence-electron chi connectivity index (χ0n) is 13.4. The summed E-state index contributed by atoms with van der Waals surface area (Å²) >= 11 is 3.71. The molecule has 0 aliphatic carbocycles. The van der Waals surface area contributed by atoms with Gasteiger partial charge in [-0.25, -0.2) is 0 Å². The summed E-state index contributed by atoms with van der Waals surface area (Å²) in [6, 6.07) is 6.02. The largest absolute Gasteiger partial charge is 0.492 e. The Balaban J connectivity index is 2.88. The van der Waals surface area contributed by atoms with Crippen molar-refractivity contribution >= 4 is 27.5 Å². The normalized spacial score (nSPS) is 12.3. The lowest BCUT2D eigenvalue weighted by atomic mass is 10.0. The zero-order valence-corrected chi connectivity index (χ0v) is 15.0. The van der Waals surface area contributed by atoms with E-state index >= 15 is 0 Å². The van der Waals surface area contributed by atoms with Gasteiger partial charge in [-0.2, -0.15) is 0 Å². The Kier molecular flexibility index (Phi) is 7.79. The second kappa shape index (κ2) is 9.08. The van der Waals surface area contributed by atoms with Crippen molar-refractivity contribution in [1.82, 2.24) is 0 Å². The van der Waals surface area contributed by atoms with Crippen molar-refractivity contribution in [3.63, 3.8) is 0 Å². The predicted molar refractivity (Wildman–Crippen MR) is 92.4 cm³/mol. The Bertz CT molecular complexity index is 460. The number of anilines is 1. The minimum absolute atomic E-state index is 0.0340. The molecule has 0 aromatic heterocycles. The van der Waals surface area contributed by atoms with Gasteiger partial charge in [-0.1, -0.05) is 42.8 Å². The molecule has 0 fully saturated rings. The van der Waals surface area contributed by atoms with Crippen LogP contribution in [0, 0.1) is 5.92 Å². The van der Waals surface area contributed by atoms with Gasteiger partial charge in [-0.15, -0.1) is 0 Å². The molecule has 21 heavy (non-hydrogen) atoms. The van der Waals surface area contributed by atoms with Crippen LogP contribution < -0.4 is 10.1 Å². The molecule has 1 amide bonds. The lowest BCUT2D eigenvalue weighted by Gasteiger charge is -2.16. The summed E-state index contributed by atoms with van der Waals surface area (Å²) in [7, 11) is 0. The number of ether oxygens (including phenoxy) is 1. The SMILES string of the molecule is CCCC(=O)Nc1ccc(CC(Br)C(C)C)cc1OCC. The number of carbonyl (C=O) groups excluding carboxylic acids is 1. The van der Waals surface area contributed by atoms with Gasteiger partial charge in [0.05, 0.1) is 12.3 Å². The fraction of sp³-hybridized carbons (Fsp3) is 0.588. The van der Waals surface area contributed by atoms with Crippen LogP contribution in [0.15, 0.2) is 18.2 Å². The van der Waals surface area contributed by atoms with E-state index in [2.05, 4.69) is 41.2 Å². The quantitative estimate of drug-likeness (QED) is 0.681. The summed E-state index contributed by atoms with van der Waals surface area (Å²) in [5.74, 6) is 1.36. The molecule has 1 N–H and O–H groups in total. The molecule has 0 heterocycles. The van der Waals surface area contributed by atoms with E-state index in [9.17, 15) is 4.79 Å². The van der Waals surface area contributed by atoms with Crippen molar-refractivity contribution in [3.8, 4) is 5.75 Å². The van der Waals surface area contributed by atoms with E-state index in [0.29, 0.717) is 23.8 Å². The number of hydrogen-bond acceptors (Lipinski definition) is 2. The summed E-state index contributed by atoms with van der Waals surface area (Å²) in [5, 5.41) is 2.92. The number of alkyl halides is 1. The van der Waals surface area contributed by atoms with Gasteiger partial charge in [0.2, 0.25) is 5.91 Å². The van der Waals surface area contributed by atoms with Crippen LogP contribution in [0.1, 0.15) is 46.1 Å². The van der Waals surface area contributed by atoms with Crippen molar-refractivity contribution in [3.05, 3.63) is 23.8 Å². The Morgan fingerprint density at radius 2 is 2.05 bits per heavy atom. The fourth-order valence-corrected chi connectivity index (χ4v) is 2.35. The van der Waals surface area contributed by atoms with Crippen LogP contribution in [0.4, 0.5) is 5.69 Å². The van der Waals surface area contributed by atoms with Crippen LogP contribution >= 0.6 is 15.9 Å². The van der Waals surface area contributed by atoms with Crippen molar-refractivity contribution in [1.29, 1.82) is 0 Å². The first-order chi connectivity index (χ1) is 9.97. The summed E-state index contributed by atoms with van der Waals surface area (Å²) in [6.45, 7) is 8.92. The summed E-state index contributed by atoms with van der Waals surface area (Å²) in [5.41, 5.74) is 1.97. The Hall–Kier alpha value is -1.03. The molecule has 0 bridgehead atoms. The topological polar surface area (TPSA) is 38.3 Å². The smallest absolute Gasteiger partial charge is 0.224 e. The molecule has 118 valence electrons. The highest BCUT2D eigenvalue weighted by Crippen LogP contribution is 2.28. The maximum atomic E-state index is 11.7. The van der Waals surface area contributed by atoms with Gasteiger partial charge in [-0.05, 0) is 43.4 Å². The third kappa shape index (κ3) is 6.08. The lowest BCUT2D eigenvalue weighted by molar-refractivity contribution is -0.116. The molecule has 0 spiro atoms. The van der Waals surface area contributed by atoms with Gasteiger partial charge in [0, 0.05) is 11.2 Å². The highest BCUT2D eigenvalue weighted by molar-refractivity contribution is 9.09. The van der Waals surface area contributed by atoms with Gasteiger partial charge >= 0.3 is 0 Å². The van der Waals surface area contributed by atoms with Crippen molar-refractivity contribution < 1.29 is 9.53 Å². The Labute approximate surface area is 136 Å². The molecule has 1 atom stereocenters. The van der Waals surface area contributed by atoms with E-state index in [0.717, 1.165) is 24.3 Å². The number of hydrogen-bond donors (Lipinski definition) is 1. The molecule has 1 rings (SSSR count). The number of rotatable bonds is 8. The van der Waals surface area contributed by atoms with Crippen LogP contribution in [0.2, 0.25) is 0 Å². The number of benzene rings is 1. The van der Waals surface area contributed by atoms with E-state index in [-0.39, 0.29) is 5.91 Å². The van der Waals surface area contributed by atoms with Crippen LogP contribution in [-0.4, -0.2) is 17.3 Å². The first-order valence-electron chi connectivity index (χ1n) is 7.67. The molecule has 4 heteroatoms. The molecule has 0 aliphatic heterocycles. The lowest BCUT2D eigenvalue weighted by Crippen LogP contribution is -2.13. The molecular formula is C17H26BrNO2. The van der Waals surface area contributed by atoms with E-state index in [4.69, 9.17) is 4.74 Å². The third-order valence-electron chi connectivity index (χ3n) is 3.25. The number of carbonyl (C=O) groups is 1. The maximum absolute atomic E-state index is 11.7. The van der Waals surface area contributed by atoms with E-state index in [1.807, 2.05) is 26.0 Å². The number of halogens is 1. The Morgan fingerprint density at radius 3 is 2.62 bits per heavy atom. The van der Waals surface area contributed by atoms with Crippen LogP contribution in [0.3, 0.4) is 0 Å². The monoisotopic (exact) mass is 355 g/mol. The second-order valence-corrected chi connectivity index (χ2v) is 6.70. The van der Waals surface area contributed by atoms with Gasteiger partial charge in [0.1, 0.15) is 5.75 Å². The molecule has 3 nitrogen and oxygen atoms in total. The van der Waals surface area contributed by atoms with Crippen molar-refractivity contribution in [2.75, 3.05) is 11.9 Å².